The number of piperidine rings is 1. The minimum atomic E-state index is -0.484. The summed E-state index contributed by atoms with van der Waals surface area (Å²) < 4.78 is 5.52. The van der Waals surface area contributed by atoms with Gasteiger partial charge in [-0.05, 0) is 64.5 Å². The number of likely N-dealkylation sites (tertiary alicyclic amines) is 1. The van der Waals surface area contributed by atoms with Crippen LogP contribution in [0.4, 0.5) is 10.5 Å². The Labute approximate surface area is 156 Å². The SMILES string of the molecule is CC(C)(C)OC(=O)N1CCC[C@@H](CN(C(=O)C2CC2)c2ccccc2)C1. The molecule has 2 amide bonds. The Balaban J connectivity index is 1.66. The molecule has 1 aliphatic carbocycles. The molecule has 2 aliphatic rings. The highest BCUT2D eigenvalue weighted by molar-refractivity contribution is 5.96. The highest BCUT2D eigenvalue weighted by Gasteiger charge is 2.36. The molecule has 3 rings (SSSR count). The number of anilines is 1. The Hall–Kier alpha value is -2.04. The largest absolute Gasteiger partial charge is 0.444 e. The maximum atomic E-state index is 12.8. The first-order chi connectivity index (χ1) is 12.3. The van der Waals surface area contributed by atoms with Gasteiger partial charge in [0.1, 0.15) is 5.60 Å². The van der Waals surface area contributed by atoms with Crippen molar-refractivity contribution in [3.8, 4) is 0 Å². The van der Waals surface area contributed by atoms with E-state index in [9.17, 15) is 9.59 Å². The van der Waals surface area contributed by atoms with E-state index in [1.807, 2.05) is 56.0 Å². The number of nitrogens with zero attached hydrogens (tertiary/aromatic N) is 2. The number of rotatable bonds is 4. The zero-order chi connectivity index (χ0) is 18.7. The van der Waals surface area contributed by atoms with E-state index in [2.05, 4.69) is 0 Å². The van der Waals surface area contributed by atoms with Gasteiger partial charge in [-0.2, -0.15) is 0 Å². The topological polar surface area (TPSA) is 49.9 Å². The molecule has 0 spiro atoms. The third-order valence-electron chi connectivity index (χ3n) is 4.87. The van der Waals surface area contributed by atoms with Crippen LogP contribution in [0.5, 0.6) is 0 Å². The smallest absolute Gasteiger partial charge is 0.410 e. The summed E-state index contributed by atoms with van der Waals surface area (Å²) in [7, 11) is 0. The minimum absolute atomic E-state index is 0.181. The molecule has 5 nitrogen and oxygen atoms in total. The summed E-state index contributed by atoms with van der Waals surface area (Å²) >= 11 is 0. The Morgan fingerprint density at radius 2 is 1.85 bits per heavy atom. The maximum Gasteiger partial charge on any atom is 0.410 e. The second kappa shape index (κ2) is 7.68. The molecule has 0 unspecified atom stereocenters. The first-order valence-corrected chi connectivity index (χ1v) is 9.68. The second-order valence-electron chi connectivity index (χ2n) is 8.49. The van der Waals surface area contributed by atoms with Crippen molar-refractivity contribution in [2.45, 2.75) is 52.1 Å². The summed E-state index contributed by atoms with van der Waals surface area (Å²) in [6.07, 6.45) is 3.72. The number of hydrogen-bond donors (Lipinski definition) is 0. The van der Waals surface area contributed by atoms with Gasteiger partial charge in [0.2, 0.25) is 5.91 Å². The zero-order valence-corrected chi connectivity index (χ0v) is 16.1. The molecule has 1 saturated heterocycles. The van der Waals surface area contributed by atoms with E-state index >= 15 is 0 Å². The molecule has 2 fully saturated rings. The van der Waals surface area contributed by atoms with Crippen molar-refractivity contribution >= 4 is 17.7 Å². The number of carbonyl (C=O) groups is 2. The van der Waals surface area contributed by atoms with Crippen LogP contribution in [0, 0.1) is 11.8 Å². The fourth-order valence-electron chi connectivity index (χ4n) is 3.45. The highest BCUT2D eigenvalue weighted by atomic mass is 16.6. The van der Waals surface area contributed by atoms with Crippen LogP contribution in [0.3, 0.4) is 0 Å². The van der Waals surface area contributed by atoms with Gasteiger partial charge in [0.25, 0.3) is 0 Å². The van der Waals surface area contributed by atoms with Gasteiger partial charge in [0.15, 0.2) is 0 Å². The number of ether oxygens (including phenoxy) is 1. The third-order valence-corrected chi connectivity index (χ3v) is 4.87. The first-order valence-electron chi connectivity index (χ1n) is 9.68. The molecule has 5 heteroatoms. The summed E-state index contributed by atoms with van der Waals surface area (Å²) in [5, 5.41) is 0. The summed E-state index contributed by atoms with van der Waals surface area (Å²) in [5.74, 6) is 0.686. The van der Waals surface area contributed by atoms with E-state index in [1.54, 1.807) is 4.90 Å². The van der Waals surface area contributed by atoms with Crippen LogP contribution in [0.2, 0.25) is 0 Å². The molecule has 142 valence electrons. The lowest BCUT2D eigenvalue weighted by Crippen LogP contribution is -2.46. The standard InChI is InChI=1S/C21H30N2O3/c1-21(2,3)26-20(25)22-13-7-8-16(14-22)15-23(19(24)17-11-12-17)18-9-5-4-6-10-18/h4-6,9-10,16-17H,7-8,11-15H2,1-3H3/t16-/m1/s1. The monoisotopic (exact) mass is 358 g/mol. The predicted molar refractivity (Wildman–Crippen MR) is 102 cm³/mol. The van der Waals surface area contributed by atoms with Gasteiger partial charge in [0.05, 0.1) is 0 Å². The van der Waals surface area contributed by atoms with Crippen LogP contribution in [0.1, 0.15) is 46.5 Å². The lowest BCUT2D eigenvalue weighted by Gasteiger charge is -2.36. The number of hydrogen-bond acceptors (Lipinski definition) is 3. The van der Waals surface area contributed by atoms with Crippen molar-refractivity contribution in [2.75, 3.05) is 24.5 Å². The molecular weight excluding hydrogens is 328 g/mol. The van der Waals surface area contributed by atoms with Crippen LogP contribution < -0.4 is 4.90 Å². The summed E-state index contributed by atoms with van der Waals surface area (Å²) in [5.41, 5.74) is 0.473. The van der Waals surface area contributed by atoms with Crippen LogP contribution >= 0.6 is 0 Å². The van der Waals surface area contributed by atoms with Gasteiger partial charge in [-0.3, -0.25) is 4.79 Å². The van der Waals surface area contributed by atoms with Gasteiger partial charge in [-0.25, -0.2) is 4.79 Å². The van der Waals surface area contributed by atoms with Crippen LogP contribution in [-0.4, -0.2) is 42.1 Å². The number of amides is 2. The highest BCUT2D eigenvalue weighted by Crippen LogP contribution is 2.33. The van der Waals surface area contributed by atoms with Crippen molar-refractivity contribution in [1.82, 2.24) is 4.90 Å². The summed E-state index contributed by atoms with van der Waals surface area (Å²) in [4.78, 5) is 28.9. The van der Waals surface area contributed by atoms with Gasteiger partial charge in [0, 0.05) is 31.2 Å². The average Bonchev–Trinajstić information content (AvgIpc) is 3.44. The molecule has 1 saturated carbocycles. The Kier molecular flexibility index (Phi) is 5.54. The van der Waals surface area contributed by atoms with Gasteiger partial charge < -0.3 is 14.5 Å². The van der Waals surface area contributed by atoms with Gasteiger partial charge >= 0.3 is 6.09 Å². The lowest BCUT2D eigenvalue weighted by atomic mass is 9.97. The molecule has 0 bridgehead atoms. The maximum absolute atomic E-state index is 12.8. The van der Waals surface area contributed by atoms with Crippen LogP contribution in [-0.2, 0) is 9.53 Å². The molecule has 1 aliphatic heterocycles. The molecular formula is C21H30N2O3. The number of carbonyl (C=O) groups excluding carboxylic acids is 2. The van der Waals surface area contributed by atoms with Gasteiger partial charge in [-0.15, -0.1) is 0 Å². The lowest BCUT2D eigenvalue weighted by molar-refractivity contribution is -0.120. The van der Waals surface area contributed by atoms with Crippen molar-refractivity contribution < 1.29 is 14.3 Å². The molecule has 0 aromatic heterocycles. The van der Waals surface area contributed by atoms with E-state index in [1.165, 1.54) is 0 Å². The molecule has 1 heterocycles. The van der Waals surface area contributed by atoms with Crippen molar-refractivity contribution in [3.05, 3.63) is 30.3 Å². The molecule has 1 aromatic carbocycles. The Bertz CT molecular complexity index is 634. The average molecular weight is 358 g/mol. The Morgan fingerprint density at radius 1 is 1.15 bits per heavy atom. The molecule has 0 N–H and O–H groups in total. The van der Waals surface area contributed by atoms with E-state index < -0.39 is 5.60 Å². The fourth-order valence-corrected chi connectivity index (χ4v) is 3.45. The normalized spacial score (nSPS) is 20.6. The van der Waals surface area contributed by atoms with E-state index in [0.717, 1.165) is 37.9 Å². The van der Waals surface area contributed by atoms with Crippen LogP contribution in [0.15, 0.2) is 30.3 Å². The van der Waals surface area contributed by atoms with Gasteiger partial charge in [-0.1, -0.05) is 18.2 Å². The summed E-state index contributed by atoms with van der Waals surface area (Å²) in [6, 6.07) is 9.89. The van der Waals surface area contributed by atoms with Crippen molar-refractivity contribution in [1.29, 1.82) is 0 Å². The summed E-state index contributed by atoms with van der Waals surface area (Å²) in [6.45, 7) is 7.70. The number of para-hydroxylation sites is 1. The predicted octanol–water partition coefficient (Wildman–Crippen LogP) is 4.08. The van der Waals surface area contributed by atoms with E-state index in [0.29, 0.717) is 13.1 Å². The zero-order valence-electron chi connectivity index (χ0n) is 16.1. The third kappa shape index (κ3) is 4.99. The van der Waals surface area contributed by atoms with E-state index in [4.69, 9.17) is 4.74 Å². The molecule has 1 aromatic rings. The van der Waals surface area contributed by atoms with Crippen molar-refractivity contribution in [2.24, 2.45) is 11.8 Å². The Morgan fingerprint density at radius 3 is 2.46 bits per heavy atom. The molecule has 1 atom stereocenters. The molecule has 0 radical (unpaired) electrons. The quantitative estimate of drug-likeness (QED) is 0.815. The second-order valence-corrected chi connectivity index (χ2v) is 8.49. The first kappa shape index (κ1) is 18.7. The number of benzene rings is 1. The van der Waals surface area contributed by atoms with E-state index in [-0.39, 0.29) is 23.8 Å². The fraction of sp³-hybridized carbons (Fsp3) is 0.619. The minimum Gasteiger partial charge on any atom is -0.444 e. The van der Waals surface area contributed by atoms with Crippen molar-refractivity contribution in [3.63, 3.8) is 0 Å². The molecule has 26 heavy (non-hydrogen) atoms. The van der Waals surface area contributed by atoms with Crippen LogP contribution in [0.25, 0.3) is 0 Å².